The number of ketones is 1. The minimum Gasteiger partial charge on any atom is -0.465 e. The molecule has 3 rings (SSSR count). The number of esters is 1. The zero-order valence-electron chi connectivity index (χ0n) is 20.9. The number of benzene rings is 2. The SMILES string of the molecule is COCCCC(=O)c1cccc2c1-c1ccc(CCCC(=O)NCCOC)cc1C2COC(C)=O. The highest BCUT2D eigenvalue weighted by Crippen LogP contribution is 2.47. The summed E-state index contributed by atoms with van der Waals surface area (Å²) in [6, 6.07) is 12.0. The lowest BCUT2D eigenvalue weighted by Gasteiger charge is -2.14. The molecular weight excluding hydrogens is 446 g/mol. The summed E-state index contributed by atoms with van der Waals surface area (Å²) >= 11 is 0. The van der Waals surface area contributed by atoms with Gasteiger partial charge in [-0.3, -0.25) is 14.4 Å². The summed E-state index contributed by atoms with van der Waals surface area (Å²) in [4.78, 5) is 36.6. The van der Waals surface area contributed by atoms with Crippen molar-refractivity contribution in [2.75, 3.05) is 40.6 Å². The van der Waals surface area contributed by atoms with Crippen molar-refractivity contribution < 1.29 is 28.6 Å². The first-order chi connectivity index (χ1) is 17.0. The molecule has 0 radical (unpaired) electrons. The third-order valence-corrected chi connectivity index (χ3v) is 6.24. The Labute approximate surface area is 207 Å². The van der Waals surface area contributed by atoms with Crippen LogP contribution in [0.2, 0.25) is 0 Å². The van der Waals surface area contributed by atoms with Gasteiger partial charge in [0.05, 0.1) is 6.61 Å². The molecule has 7 heteroatoms. The Balaban J connectivity index is 1.82. The smallest absolute Gasteiger partial charge is 0.302 e. The molecule has 1 atom stereocenters. The Morgan fingerprint density at radius 1 is 0.943 bits per heavy atom. The molecule has 0 fully saturated rings. The lowest BCUT2D eigenvalue weighted by atomic mass is 9.93. The average molecular weight is 482 g/mol. The number of rotatable bonds is 14. The van der Waals surface area contributed by atoms with Gasteiger partial charge in [-0.1, -0.05) is 36.4 Å². The van der Waals surface area contributed by atoms with Crippen LogP contribution < -0.4 is 5.32 Å². The molecular formula is C28H35NO6. The Morgan fingerprint density at radius 3 is 2.49 bits per heavy atom. The van der Waals surface area contributed by atoms with Gasteiger partial charge in [-0.25, -0.2) is 0 Å². The number of hydrogen-bond donors (Lipinski definition) is 1. The van der Waals surface area contributed by atoms with E-state index in [4.69, 9.17) is 14.2 Å². The molecule has 1 aliphatic rings. The molecule has 1 aliphatic carbocycles. The summed E-state index contributed by atoms with van der Waals surface area (Å²) in [5, 5.41) is 2.84. The number of hydrogen-bond acceptors (Lipinski definition) is 6. The highest BCUT2D eigenvalue weighted by molar-refractivity contribution is 6.04. The highest BCUT2D eigenvalue weighted by atomic mass is 16.5. The van der Waals surface area contributed by atoms with Crippen LogP contribution in [-0.2, 0) is 30.2 Å². The summed E-state index contributed by atoms with van der Waals surface area (Å²) in [5.41, 5.74) is 5.82. The van der Waals surface area contributed by atoms with Crippen molar-refractivity contribution in [1.82, 2.24) is 5.32 Å². The largest absolute Gasteiger partial charge is 0.465 e. The molecule has 0 heterocycles. The number of nitrogens with one attached hydrogen (secondary N) is 1. The monoisotopic (exact) mass is 481 g/mol. The zero-order chi connectivity index (χ0) is 25.2. The Morgan fingerprint density at radius 2 is 1.74 bits per heavy atom. The van der Waals surface area contributed by atoms with Crippen molar-refractivity contribution in [1.29, 1.82) is 0 Å². The van der Waals surface area contributed by atoms with E-state index in [1.54, 1.807) is 14.2 Å². The van der Waals surface area contributed by atoms with Gasteiger partial charge in [-0.05, 0) is 47.1 Å². The van der Waals surface area contributed by atoms with Gasteiger partial charge in [-0.2, -0.15) is 0 Å². The summed E-state index contributed by atoms with van der Waals surface area (Å²) in [6.07, 6.45) is 3.00. The van der Waals surface area contributed by atoms with E-state index in [1.807, 2.05) is 18.2 Å². The minimum absolute atomic E-state index is 0.0139. The van der Waals surface area contributed by atoms with E-state index in [1.165, 1.54) is 6.92 Å². The van der Waals surface area contributed by atoms with Crippen LogP contribution in [0.3, 0.4) is 0 Å². The highest BCUT2D eigenvalue weighted by Gasteiger charge is 2.32. The lowest BCUT2D eigenvalue weighted by Crippen LogP contribution is -2.26. The van der Waals surface area contributed by atoms with Gasteiger partial charge in [-0.15, -0.1) is 0 Å². The van der Waals surface area contributed by atoms with E-state index in [-0.39, 0.29) is 30.2 Å². The third kappa shape index (κ3) is 6.99. The van der Waals surface area contributed by atoms with Crippen LogP contribution in [0.1, 0.15) is 65.6 Å². The Bertz CT molecular complexity index is 1050. The van der Waals surface area contributed by atoms with Crippen molar-refractivity contribution in [3.05, 3.63) is 58.7 Å². The van der Waals surface area contributed by atoms with Gasteiger partial charge in [0, 0.05) is 58.6 Å². The van der Waals surface area contributed by atoms with Crippen LogP contribution in [-0.4, -0.2) is 58.2 Å². The van der Waals surface area contributed by atoms with E-state index < -0.39 is 0 Å². The van der Waals surface area contributed by atoms with E-state index >= 15 is 0 Å². The second-order valence-electron chi connectivity index (χ2n) is 8.76. The van der Waals surface area contributed by atoms with Gasteiger partial charge < -0.3 is 19.5 Å². The van der Waals surface area contributed by atoms with E-state index in [2.05, 4.69) is 23.5 Å². The van der Waals surface area contributed by atoms with Crippen LogP contribution in [0.25, 0.3) is 11.1 Å². The first-order valence-electron chi connectivity index (χ1n) is 12.1. The minimum atomic E-state index is -0.331. The van der Waals surface area contributed by atoms with Crippen molar-refractivity contribution in [3.63, 3.8) is 0 Å². The van der Waals surface area contributed by atoms with Crippen LogP contribution in [0.4, 0.5) is 0 Å². The number of carbonyl (C=O) groups is 3. The Hall–Kier alpha value is -3.03. The molecule has 0 saturated heterocycles. The standard InChI is InChI=1S/C28H35NO6/c1-19(30)35-18-25-21-8-5-9-23(26(31)10-6-15-33-2)28(21)22-13-12-20(17-24(22)25)7-4-11-27(32)29-14-16-34-3/h5,8-9,12-13,17,25H,4,6-7,10-11,14-16,18H2,1-3H3,(H,29,32). The maximum Gasteiger partial charge on any atom is 0.302 e. The molecule has 2 aromatic carbocycles. The first kappa shape index (κ1) is 26.6. The molecule has 2 aromatic rings. The van der Waals surface area contributed by atoms with Gasteiger partial charge >= 0.3 is 5.97 Å². The average Bonchev–Trinajstić information content (AvgIpc) is 3.16. The predicted molar refractivity (Wildman–Crippen MR) is 134 cm³/mol. The zero-order valence-corrected chi connectivity index (χ0v) is 20.9. The topological polar surface area (TPSA) is 90.9 Å². The molecule has 0 bridgehead atoms. The predicted octanol–water partition coefficient (Wildman–Crippen LogP) is 4.06. The van der Waals surface area contributed by atoms with Crippen LogP contribution >= 0.6 is 0 Å². The van der Waals surface area contributed by atoms with Crippen LogP contribution in [0, 0.1) is 0 Å². The van der Waals surface area contributed by atoms with Crippen molar-refractivity contribution >= 4 is 17.7 Å². The second kappa shape index (κ2) is 13.2. The number of fused-ring (bicyclic) bond motifs is 3. The third-order valence-electron chi connectivity index (χ3n) is 6.24. The number of amides is 1. The number of carbonyl (C=O) groups excluding carboxylic acids is 3. The van der Waals surface area contributed by atoms with E-state index in [9.17, 15) is 14.4 Å². The molecule has 1 amide bonds. The number of methoxy groups -OCH3 is 2. The molecule has 0 aliphatic heterocycles. The summed E-state index contributed by atoms with van der Waals surface area (Å²) in [5.74, 6) is -0.364. The Kier molecular flexibility index (Phi) is 9.99. The van der Waals surface area contributed by atoms with Gasteiger partial charge in [0.15, 0.2) is 5.78 Å². The maximum atomic E-state index is 13.0. The first-order valence-corrected chi connectivity index (χ1v) is 12.1. The van der Waals surface area contributed by atoms with Gasteiger partial charge in [0.2, 0.25) is 5.91 Å². The summed E-state index contributed by atoms with van der Waals surface area (Å²) in [6.45, 7) is 3.18. The molecule has 1 unspecified atom stereocenters. The molecule has 35 heavy (non-hydrogen) atoms. The van der Waals surface area contributed by atoms with Crippen molar-refractivity contribution in [2.24, 2.45) is 0 Å². The molecule has 7 nitrogen and oxygen atoms in total. The second-order valence-corrected chi connectivity index (χ2v) is 8.76. The normalized spacial score (nSPS) is 13.7. The summed E-state index contributed by atoms with van der Waals surface area (Å²) < 4.78 is 15.5. The summed E-state index contributed by atoms with van der Waals surface area (Å²) in [7, 11) is 3.24. The number of ether oxygens (including phenoxy) is 3. The molecule has 1 N–H and O–H groups in total. The van der Waals surface area contributed by atoms with Crippen molar-refractivity contribution in [2.45, 2.75) is 44.9 Å². The van der Waals surface area contributed by atoms with E-state index in [0.29, 0.717) is 44.6 Å². The maximum absolute atomic E-state index is 13.0. The number of Topliss-reactive ketones (excluding diaryl/α,β-unsaturated/α-hetero) is 1. The molecule has 188 valence electrons. The fourth-order valence-corrected chi connectivity index (χ4v) is 4.57. The van der Waals surface area contributed by atoms with Crippen molar-refractivity contribution in [3.8, 4) is 11.1 Å². The van der Waals surface area contributed by atoms with Gasteiger partial charge in [0.1, 0.15) is 6.61 Å². The molecule has 0 saturated carbocycles. The fourth-order valence-electron chi connectivity index (χ4n) is 4.57. The lowest BCUT2D eigenvalue weighted by molar-refractivity contribution is -0.141. The van der Waals surface area contributed by atoms with Gasteiger partial charge in [0.25, 0.3) is 0 Å². The van der Waals surface area contributed by atoms with Crippen LogP contribution in [0.5, 0.6) is 0 Å². The van der Waals surface area contributed by atoms with E-state index in [0.717, 1.165) is 40.7 Å². The van der Waals surface area contributed by atoms with Crippen LogP contribution in [0.15, 0.2) is 36.4 Å². The fraction of sp³-hybridized carbons (Fsp3) is 0.464. The number of aryl methyl sites for hydroxylation is 1. The molecule has 0 aromatic heterocycles. The molecule has 0 spiro atoms. The quantitative estimate of drug-likeness (QED) is 0.249.